The average molecular weight is 220 g/mol. The predicted molar refractivity (Wildman–Crippen MR) is 60.7 cm³/mol. The molecule has 2 fully saturated rings. The van der Waals surface area contributed by atoms with Crippen molar-refractivity contribution in [1.82, 2.24) is 0 Å². The molecule has 2 saturated carbocycles. The maximum atomic E-state index is 12.9. The van der Waals surface area contributed by atoms with E-state index in [2.05, 4.69) is 0 Å². The van der Waals surface area contributed by atoms with E-state index >= 15 is 0 Å². The SMILES string of the molecule is OCC1(c2ccc(F)cc2)CC2(CCC2)C1. The number of hydrogen-bond donors (Lipinski definition) is 1. The second-order valence-electron chi connectivity index (χ2n) is 5.65. The largest absolute Gasteiger partial charge is 0.395 e. The molecule has 0 aromatic heterocycles. The van der Waals surface area contributed by atoms with Gasteiger partial charge < -0.3 is 5.11 Å². The van der Waals surface area contributed by atoms with Crippen molar-refractivity contribution in [3.05, 3.63) is 35.6 Å². The Morgan fingerprint density at radius 1 is 1.12 bits per heavy atom. The van der Waals surface area contributed by atoms with Crippen LogP contribution in [0.2, 0.25) is 0 Å². The highest BCUT2D eigenvalue weighted by molar-refractivity contribution is 5.32. The van der Waals surface area contributed by atoms with Crippen LogP contribution in [-0.2, 0) is 5.41 Å². The Bertz CT molecular complexity index is 384. The van der Waals surface area contributed by atoms with Crippen molar-refractivity contribution in [3.8, 4) is 0 Å². The second-order valence-corrected chi connectivity index (χ2v) is 5.65. The maximum absolute atomic E-state index is 12.9. The molecule has 2 aliphatic carbocycles. The van der Waals surface area contributed by atoms with Gasteiger partial charge in [-0.1, -0.05) is 18.6 Å². The van der Waals surface area contributed by atoms with Gasteiger partial charge in [0.15, 0.2) is 0 Å². The summed E-state index contributed by atoms with van der Waals surface area (Å²) in [5.41, 5.74) is 1.56. The van der Waals surface area contributed by atoms with Gasteiger partial charge in [0, 0.05) is 5.41 Å². The Hall–Kier alpha value is -0.890. The number of halogens is 1. The van der Waals surface area contributed by atoms with Gasteiger partial charge in [-0.05, 0) is 48.8 Å². The van der Waals surface area contributed by atoms with Gasteiger partial charge >= 0.3 is 0 Å². The lowest BCUT2D eigenvalue weighted by Crippen LogP contribution is -2.55. The zero-order valence-electron chi connectivity index (χ0n) is 9.38. The van der Waals surface area contributed by atoms with Crippen LogP contribution >= 0.6 is 0 Å². The van der Waals surface area contributed by atoms with E-state index in [1.807, 2.05) is 12.1 Å². The molecular formula is C14H17FO. The van der Waals surface area contributed by atoms with Gasteiger partial charge in [0.25, 0.3) is 0 Å². The third-order valence-corrected chi connectivity index (χ3v) is 4.60. The lowest BCUT2D eigenvalue weighted by atomic mass is 9.44. The van der Waals surface area contributed by atoms with Gasteiger partial charge in [-0.15, -0.1) is 0 Å². The molecule has 16 heavy (non-hydrogen) atoms. The van der Waals surface area contributed by atoms with Crippen molar-refractivity contribution in [2.24, 2.45) is 5.41 Å². The van der Waals surface area contributed by atoms with Crippen LogP contribution in [-0.4, -0.2) is 11.7 Å². The fourth-order valence-corrected chi connectivity index (χ4v) is 3.62. The van der Waals surface area contributed by atoms with Crippen LogP contribution in [0.3, 0.4) is 0 Å². The van der Waals surface area contributed by atoms with E-state index in [1.165, 1.54) is 31.4 Å². The first-order valence-electron chi connectivity index (χ1n) is 6.05. The molecule has 0 atom stereocenters. The highest BCUT2D eigenvalue weighted by Crippen LogP contribution is 2.64. The first-order valence-corrected chi connectivity index (χ1v) is 6.05. The predicted octanol–water partition coefficient (Wildman–Crippen LogP) is 3.02. The Kier molecular flexibility index (Phi) is 2.12. The molecule has 0 amide bonds. The molecule has 1 nitrogen and oxygen atoms in total. The van der Waals surface area contributed by atoms with Gasteiger partial charge in [0.05, 0.1) is 6.61 Å². The van der Waals surface area contributed by atoms with Crippen molar-refractivity contribution < 1.29 is 9.50 Å². The minimum absolute atomic E-state index is 0.0753. The maximum Gasteiger partial charge on any atom is 0.123 e. The Morgan fingerprint density at radius 3 is 2.19 bits per heavy atom. The van der Waals surface area contributed by atoms with Gasteiger partial charge in [-0.25, -0.2) is 4.39 Å². The first-order chi connectivity index (χ1) is 7.68. The topological polar surface area (TPSA) is 20.2 Å². The van der Waals surface area contributed by atoms with Crippen molar-refractivity contribution in [1.29, 1.82) is 0 Å². The summed E-state index contributed by atoms with van der Waals surface area (Å²) >= 11 is 0. The summed E-state index contributed by atoms with van der Waals surface area (Å²) in [6.07, 6.45) is 6.14. The number of aliphatic hydroxyl groups excluding tert-OH is 1. The fraction of sp³-hybridized carbons (Fsp3) is 0.571. The molecule has 0 saturated heterocycles. The highest BCUT2D eigenvalue weighted by Gasteiger charge is 2.57. The molecule has 1 N–H and O–H groups in total. The molecular weight excluding hydrogens is 203 g/mol. The van der Waals surface area contributed by atoms with Crippen molar-refractivity contribution >= 4 is 0 Å². The fourth-order valence-electron chi connectivity index (χ4n) is 3.62. The van der Waals surface area contributed by atoms with Crippen molar-refractivity contribution in [2.75, 3.05) is 6.61 Å². The minimum Gasteiger partial charge on any atom is -0.395 e. The normalized spacial score (nSPS) is 24.9. The van der Waals surface area contributed by atoms with E-state index in [4.69, 9.17) is 0 Å². The lowest BCUT2D eigenvalue weighted by molar-refractivity contribution is -0.0719. The third-order valence-electron chi connectivity index (χ3n) is 4.60. The standard InChI is InChI=1S/C14H17FO/c15-12-4-2-11(3-5-12)14(10-16)8-13(9-14)6-1-7-13/h2-5,16H,1,6-10H2. The molecule has 86 valence electrons. The van der Waals surface area contributed by atoms with Crippen LogP contribution in [0.25, 0.3) is 0 Å². The monoisotopic (exact) mass is 220 g/mol. The summed E-state index contributed by atoms with van der Waals surface area (Å²) in [5.74, 6) is -0.200. The van der Waals surface area contributed by atoms with Crippen LogP contribution in [0.1, 0.15) is 37.7 Å². The van der Waals surface area contributed by atoms with Crippen LogP contribution in [0.4, 0.5) is 4.39 Å². The lowest BCUT2D eigenvalue weighted by Gasteiger charge is -2.61. The van der Waals surface area contributed by atoms with Crippen LogP contribution in [0.5, 0.6) is 0 Å². The zero-order valence-corrected chi connectivity index (χ0v) is 9.38. The summed E-state index contributed by atoms with van der Waals surface area (Å²) in [5, 5.41) is 9.62. The van der Waals surface area contributed by atoms with E-state index in [-0.39, 0.29) is 17.8 Å². The van der Waals surface area contributed by atoms with Gasteiger partial charge in [-0.2, -0.15) is 0 Å². The van der Waals surface area contributed by atoms with E-state index in [1.54, 1.807) is 0 Å². The van der Waals surface area contributed by atoms with Gasteiger partial charge in [0.1, 0.15) is 5.82 Å². The van der Waals surface area contributed by atoms with E-state index < -0.39 is 0 Å². The molecule has 0 heterocycles. The third kappa shape index (κ3) is 1.32. The summed E-state index contributed by atoms with van der Waals surface area (Å²) in [6.45, 7) is 0.195. The highest BCUT2D eigenvalue weighted by atomic mass is 19.1. The quantitative estimate of drug-likeness (QED) is 0.812. The Morgan fingerprint density at radius 2 is 1.75 bits per heavy atom. The Labute approximate surface area is 95.3 Å². The molecule has 0 unspecified atom stereocenters. The van der Waals surface area contributed by atoms with E-state index in [9.17, 15) is 9.50 Å². The summed E-state index contributed by atoms with van der Waals surface area (Å²) in [7, 11) is 0. The molecule has 1 aromatic rings. The average Bonchev–Trinajstić information content (AvgIpc) is 2.17. The minimum atomic E-state index is -0.200. The number of aliphatic hydroxyl groups is 1. The number of benzene rings is 1. The van der Waals surface area contributed by atoms with Crippen molar-refractivity contribution in [3.63, 3.8) is 0 Å². The molecule has 0 bridgehead atoms. The van der Waals surface area contributed by atoms with Crippen LogP contribution < -0.4 is 0 Å². The summed E-state index contributed by atoms with van der Waals surface area (Å²) < 4.78 is 12.9. The molecule has 0 radical (unpaired) electrons. The molecule has 0 aliphatic heterocycles. The van der Waals surface area contributed by atoms with Gasteiger partial charge in [0.2, 0.25) is 0 Å². The van der Waals surface area contributed by atoms with Gasteiger partial charge in [-0.3, -0.25) is 0 Å². The molecule has 2 aliphatic rings. The second kappa shape index (κ2) is 3.30. The summed E-state index contributed by atoms with van der Waals surface area (Å²) in [6, 6.07) is 6.66. The van der Waals surface area contributed by atoms with Crippen LogP contribution in [0, 0.1) is 11.2 Å². The van der Waals surface area contributed by atoms with E-state index in [0.717, 1.165) is 18.4 Å². The first kappa shape index (κ1) is 10.3. The molecule has 3 rings (SSSR count). The molecule has 1 aromatic carbocycles. The zero-order chi connectivity index (χ0) is 11.2. The number of rotatable bonds is 2. The number of hydrogen-bond acceptors (Lipinski definition) is 1. The molecule has 1 spiro atoms. The van der Waals surface area contributed by atoms with E-state index in [0.29, 0.717) is 5.41 Å². The van der Waals surface area contributed by atoms with Crippen LogP contribution in [0.15, 0.2) is 24.3 Å². The summed E-state index contributed by atoms with van der Waals surface area (Å²) in [4.78, 5) is 0. The molecule has 2 heteroatoms. The smallest absolute Gasteiger partial charge is 0.123 e. The Balaban J connectivity index is 1.84. The van der Waals surface area contributed by atoms with Crippen molar-refractivity contribution in [2.45, 2.75) is 37.5 Å².